The van der Waals surface area contributed by atoms with E-state index in [-0.39, 0.29) is 6.29 Å². The molecule has 16 heavy (non-hydrogen) atoms. The lowest BCUT2D eigenvalue weighted by molar-refractivity contribution is -0.161. The van der Waals surface area contributed by atoms with Crippen LogP contribution in [0.15, 0.2) is 12.0 Å². The van der Waals surface area contributed by atoms with Crippen molar-refractivity contribution in [2.75, 3.05) is 26.5 Å². The average Bonchev–Trinajstić information content (AvgIpc) is 2.76. The predicted octanol–water partition coefficient (Wildman–Crippen LogP) is 0.860. The number of nitrogens with zero attached hydrogens (tertiary/aromatic N) is 1. The highest BCUT2D eigenvalue weighted by Crippen LogP contribution is 2.16. The van der Waals surface area contributed by atoms with Crippen LogP contribution in [0.25, 0.3) is 0 Å². The Morgan fingerprint density at radius 2 is 2.50 bits per heavy atom. The van der Waals surface area contributed by atoms with Gasteiger partial charge in [-0.15, -0.1) is 0 Å². The second kappa shape index (κ2) is 5.86. The van der Waals surface area contributed by atoms with Crippen molar-refractivity contribution in [2.24, 2.45) is 0 Å². The fourth-order valence-corrected chi connectivity index (χ4v) is 1.74. The van der Waals surface area contributed by atoms with Gasteiger partial charge in [-0.05, 0) is 19.3 Å². The van der Waals surface area contributed by atoms with Crippen LogP contribution in [0, 0.1) is 0 Å². The molecule has 2 rings (SSSR count). The summed E-state index contributed by atoms with van der Waals surface area (Å²) in [5, 5.41) is 0. The topological polar surface area (TPSA) is 48.0 Å². The molecular formula is C11H17NO4. The largest absolute Gasteiger partial charge is 0.473 e. The number of ether oxygens (including phenoxy) is 3. The molecule has 0 bridgehead atoms. The average molecular weight is 227 g/mol. The Hall–Kier alpha value is -1.07. The molecule has 90 valence electrons. The number of aldehydes is 1. The van der Waals surface area contributed by atoms with E-state index in [1.807, 2.05) is 6.20 Å². The van der Waals surface area contributed by atoms with Gasteiger partial charge in [-0.1, -0.05) is 0 Å². The Kier molecular flexibility index (Phi) is 4.18. The normalized spacial score (nSPS) is 25.1. The third-order valence-electron chi connectivity index (χ3n) is 2.60. The van der Waals surface area contributed by atoms with Crippen molar-refractivity contribution in [3.8, 4) is 0 Å². The molecule has 2 heterocycles. The summed E-state index contributed by atoms with van der Waals surface area (Å²) in [5.41, 5.74) is 0. The maximum absolute atomic E-state index is 10.3. The molecule has 0 saturated carbocycles. The van der Waals surface area contributed by atoms with Crippen molar-refractivity contribution in [3.63, 3.8) is 0 Å². The maximum Gasteiger partial charge on any atom is 0.161 e. The molecule has 0 amide bonds. The molecular weight excluding hydrogens is 210 g/mol. The molecule has 1 unspecified atom stereocenters. The van der Waals surface area contributed by atoms with Gasteiger partial charge in [0.05, 0.1) is 6.54 Å². The molecule has 1 atom stereocenters. The van der Waals surface area contributed by atoms with E-state index in [0.717, 1.165) is 37.9 Å². The Morgan fingerprint density at radius 3 is 3.25 bits per heavy atom. The van der Waals surface area contributed by atoms with Crippen LogP contribution in [0.5, 0.6) is 0 Å². The van der Waals surface area contributed by atoms with Crippen molar-refractivity contribution in [1.82, 2.24) is 4.90 Å². The molecule has 0 aromatic heterocycles. The van der Waals surface area contributed by atoms with Crippen LogP contribution in [0.4, 0.5) is 0 Å². The fraction of sp³-hybridized carbons (Fsp3) is 0.727. The number of hydrogen-bond donors (Lipinski definition) is 0. The summed E-state index contributed by atoms with van der Waals surface area (Å²) in [6.07, 6.45) is 5.79. The van der Waals surface area contributed by atoms with E-state index in [2.05, 4.69) is 0 Å². The second-order valence-corrected chi connectivity index (χ2v) is 3.91. The van der Waals surface area contributed by atoms with E-state index < -0.39 is 0 Å². The number of carbonyl (C=O) groups is 1. The minimum Gasteiger partial charge on any atom is -0.473 e. The molecule has 0 aromatic carbocycles. The zero-order valence-electron chi connectivity index (χ0n) is 9.26. The highest BCUT2D eigenvalue weighted by atomic mass is 16.7. The summed E-state index contributed by atoms with van der Waals surface area (Å²) in [6.45, 7) is 1.99. The summed E-state index contributed by atoms with van der Waals surface area (Å²) in [4.78, 5) is 12.1. The molecule has 0 radical (unpaired) electrons. The van der Waals surface area contributed by atoms with Crippen LogP contribution < -0.4 is 0 Å². The van der Waals surface area contributed by atoms with Gasteiger partial charge < -0.3 is 23.9 Å². The zero-order valence-corrected chi connectivity index (χ0v) is 9.26. The van der Waals surface area contributed by atoms with E-state index in [4.69, 9.17) is 14.2 Å². The lowest BCUT2D eigenvalue weighted by Gasteiger charge is -2.22. The third-order valence-corrected chi connectivity index (χ3v) is 2.60. The number of carbonyl (C=O) groups excluding carboxylic acids is 1. The highest BCUT2D eigenvalue weighted by molar-refractivity contribution is 5.52. The molecule has 0 N–H and O–H groups in total. The summed E-state index contributed by atoms with van der Waals surface area (Å²) in [6, 6.07) is 0. The van der Waals surface area contributed by atoms with Crippen LogP contribution in [0.3, 0.4) is 0 Å². The lowest BCUT2D eigenvalue weighted by Crippen LogP contribution is -2.23. The van der Waals surface area contributed by atoms with Crippen LogP contribution in [0.1, 0.15) is 19.3 Å². The van der Waals surface area contributed by atoms with Gasteiger partial charge >= 0.3 is 0 Å². The van der Waals surface area contributed by atoms with Crippen LogP contribution >= 0.6 is 0 Å². The van der Waals surface area contributed by atoms with Crippen LogP contribution in [-0.4, -0.2) is 44.0 Å². The predicted molar refractivity (Wildman–Crippen MR) is 56.3 cm³/mol. The van der Waals surface area contributed by atoms with Crippen molar-refractivity contribution in [3.05, 3.63) is 12.0 Å². The van der Waals surface area contributed by atoms with Crippen molar-refractivity contribution >= 4 is 6.29 Å². The van der Waals surface area contributed by atoms with E-state index in [9.17, 15) is 4.79 Å². The molecule has 1 fully saturated rings. The minimum atomic E-state index is -0.0987. The maximum atomic E-state index is 10.3. The standard InChI is InChI=1S/C11H17NO4/c13-5-4-12-7-10(16-9-12)8-15-11-3-1-2-6-14-11/h5,7,11H,1-4,6,8-9H2. The third kappa shape index (κ3) is 3.21. The Labute approximate surface area is 94.9 Å². The molecule has 2 aliphatic heterocycles. The van der Waals surface area contributed by atoms with Gasteiger partial charge in [-0.3, -0.25) is 0 Å². The Balaban J connectivity index is 1.69. The lowest BCUT2D eigenvalue weighted by atomic mass is 10.2. The van der Waals surface area contributed by atoms with Gasteiger partial charge in [0.15, 0.2) is 13.0 Å². The van der Waals surface area contributed by atoms with Gasteiger partial charge in [-0.2, -0.15) is 0 Å². The van der Waals surface area contributed by atoms with Gasteiger partial charge in [0.2, 0.25) is 0 Å². The van der Waals surface area contributed by atoms with Gasteiger partial charge in [0, 0.05) is 12.8 Å². The summed E-state index contributed by atoms with van der Waals surface area (Å²) in [7, 11) is 0. The smallest absolute Gasteiger partial charge is 0.161 e. The zero-order chi connectivity index (χ0) is 11.2. The SMILES string of the molecule is O=CCN1C=C(COC2CCCCO2)OC1. The van der Waals surface area contributed by atoms with Crippen molar-refractivity contribution < 1.29 is 19.0 Å². The quantitative estimate of drug-likeness (QED) is 0.652. The van der Waals surface area contributed by atoms with Gasteiger partial charge in [0.25, 0.3) is 0 Å². The molecule has 0 spiro atoms. The molecule has 5 heteroatoms. The molecule has 0 aliphatic carbocycles. The first kappa shape index (κ1) is 11.4. The summed E-state index contributed by atoms with van der Waals surface area (Å²) >= 11 is 0. The Morgan fingerprint density at radius 1 is 1.56 bits per heavy atom. The van der Waals surface area contributed by atoms with Crippen molar-refractivity contribution in [2.45, 2.75) is 25.6 Å². The van der Waals surface area contributed by atoms with E-state index in [0.29, 0.717) is 19.9 Å². The molecule has 2 aliphatic rings. The second-order valence-electron chi connectivity index (χ2n) is 3.91. The molecule has 1 saturated heterocycles. The van der Waals surface area contributed by atoms with E-state index in [1.165, 1.54) is 0 Å². The van der Waals surface area contributed by atoms with E-state index >= 15 is 0 Å². The highest BCUT2D eigenvalue weighted by Gasteiger charge is 2.17. The minimum absolute atomic E-state index is 0.0987. The van der Waals surface area contributed by atoms with Crippen LogP contribution in [-0.2, 0) is 19.0 Å². The summed E-state index contributed by atoms with van der Waals surface area (Å²) < 4.78 is 16.4. The van der Waals surface area contributed by atoms with Crippen LogP contribution in [0.2, 0.25) is 0 Å². The number of rotatable bonds is 5. The fourth-order valence-electron chi connectivity index (χ4n) is 1.74. The van der Waals surface area contributed by atoms with Gasteiger partial charge in [0.1, 0.15) is 18.7 Å². The first-order chi connectivity index (χ1) is 7.88. The Bertz CT molecular complexity index is 261. The monoisotopic (exact) mass is 227 g/mol. The first-order valence-electron chi connectivity index (χ1n) is 5.63. The van der Waals surface area contributed by atoms with E-state index in [1.54, 1.807) is 4.90 Å². The molecule has 5 nitrogen and oxygen atoms in total. The first-order valence-corrected chi connectivity index (χ1v) is 5.63. The molecule has 0 aromatic rings. The number of hydrogen-bond acceptors (Lipinski definition) is 5. The van der Waals surface area contributed by atoms with Crippen molar-refractivity contribution in [1.29, 1.82) is 0 Å². The summed E-state index contributed by atoms with van der Waals surface area (Å²) in [5.74, 6) is 0.760. The van der Waals surface area contributed by atoms with Gasteiger partial charge in [-0.25, -0.2) is 0 Å².